The van der Waals surface area contributed by atoms with E-state index in [1.165, 1.54) is 29.6 Å². The number of esters is 2. The molecule has 504 valence electrons. The highest BCUT2D eigenvalue weighted by atomic mass is 16.5. The number of nitrogens with two attached hydrogens (primary N) is 1. The lowest BCUT2D eigenvalue weighted by atomic mass is 9.84. The maximum absolute atomic E-state index is 14.6. The Hall–Kier alpha value is -9.63. The fraction of sp³-hybridized carbons (Fsp3) is 0.427. The smallest absolute Gasteiger partial charge is 0.305 e. The molecule has 4 aromatic rings. The average molecular weight is 1300 g/mol. The molecule has 0 fully saturated rings. The first kappa shape index (κ1) is 69.2. The van der Waals surface area contributed by atoms with E-state index in [0.717, 1.165) is 126 Å². The van der Waals surface area contributed by atoms with Crippen LogP contribution in [0.25, 0.3) is 66.7 Å². The first-order chi connectivity index (χ1) is 45.4. The number of hydrogen-bond donors (Lipinski definition) is 6. The first-order valence-electron chi connectivity index (χ1n) is 33.2. The van der Waals surface area contributed by atoms with E-state index in [0.29, 0.717) is 75.0 Å². The summed E-state index contributed by atoms with van der Waals surface area (Å²) >= 11 is 0. The molecule has 16 bridgehead atoms. The van der Waals surface area contributed by atoms with Gasteiger partial charge in [-0.05, 0) is 173 Å². The minimum atomic E-state index is -0.468. The number of carbonyl (C=O) groups excluding carboxylic acids is 7. The number of aromatic nitrogens is 8. The van der Waals surface area contributed by atoms with Gasteiger partial charge in [-0.25, -0.2) is 19.9 Å². The van der Waals surface area contributed by atoms with E-state index in [9.17, 15) is 33.6 Å². The standard InChI is InChI=1S/C38H44N6O5.C36H42N6O4.CH4/c1-9-23-20(5)27-16-28-21(6)24(11-12-32(46)49-8)35(42-28)34-36-33(37(47)44(38(34)48)14-13-39-31(45)10-2)22(7)29(43-36)15-25-18(3)19(4)26(40-25)17-30(23)41-27;1-8-21-17(3)24-14-26-19(5)23(10-11-30(43)46-7)33(40-26)32-34-31(35(44)42(13-12-37)36(32)45)20(6)27(41-34)16-29-22(9-2)18(4)25(39-29)15-28(21)38-24;/h15-17,21,24,42-43H,9-14H2,1-8H3,(H,39,45);14-16,19,23,40-41H,8-13,37H2,1-7H3;1H4. The van der Waals surface area contributed by atoms with Crippen LogP contribution < -0.4 is 11.1 Å². The molecular weight excluding hydrogens is 1210 g/mol. The van der Waals surface area contributed by atoms with Crippen molar-refractivity contribution in [3.63, 3.8) is 0 Å². The number of H-pyrrole nitrogens is 4. The number of aryl methyl sites for hydroxylation is 2. The van der Waals surface area contributed by atoms with E-state index < -0.39 is 17.7 Å². The van der Waals surface area contributed by atoms with Gasteiger partial charge in [0.15, 0.2) is 0 Å². The average Bonchev–Trinajstić information content (AvgIpc) is 1.53. The van der Waals surface area contributed by atoms with Gasteiger partial charge in [-0.15, -0.1) is 0 Å². The summed E-state index contributed by atoms with van der Waals surface area (Å²) in [5.41, 5.74) is 29.8. The number of imide groups is 2. The number of allylic oxidation sites excluding steroid dienone is 8. The van der Waals surface area contributed by atoms with Crippen LogP contribution in [-0.2, 0) is 23.9 Å². The maximum atomic E-state index is 14.6. The van der Waals surface area contributed by atoms with Crippen molar-refractivity contribution in [3.05, 3.63) is 138 Å². The van der Waals surface area contributed by atoms with Gasteiger partial charge in [0, 0.05) is 103 Å². The van der Waals surface area contributed by atoms with Crippen LogP contribution in [0.1, 0.15) is 280 Å². The lowest BCUT2D eigenvalue weighted by Crippen LogP contribution is -2.45. The summed E-state index contributed by atoms with van der Waals surface area (Å²) in [5, 5.41) is 2.79. The van der Waals surface area contributed by atoms with Gasteiger partial charge in [0.2, 0.25) is 5.91 Å². The van der Waals surface area contributed by atoms with Crippen LogP contribution in [0.15, 0.2) is 36.4 Å². The number of rotatable bonds is 15. The molecule has 5 amide bonds. The molecule has 12 rings (SSSR count). The predicted molar refractivity (Wildman–Crippen MR) is 375 cm³/mol. The molecule has 4 atom stereocenters. The van der Waals surface area contributed by atoms with Crippen LogP contribution in [0, 0.1) is 13.8 Å². The molecule has 4 unspecified atom stereocenters. The predicted octanol–water partition coefficient (Wildman–Crippen LogP) is 13.7. The second-order valence-electron chi connectivity index (χ2n) is 25.6. The summed E-state index contributed by atoms with van der Waals surface area (Å²) in [6.45, 7) is 26.8. The second-order valence-corrected chi connectivity index (χ2v) is 25.6. The number of fused-ring (bicyclic) bond motifs is 16. The molecule has 0 aliphatic carbocycles. The third kappa shape index (κ3) is 12.0. The number of aromatic amines is 4. The molecular formula is C75H90N12O9. The summed E-state index contributed by atoms with van der Waals surface area (Å²) < 4.78 is 9.98. The van der Waals surface area contributed by atoms with Gasteiger partial charge in [0.25, 0.3) is 23.6 Å². The second kappa shape index (κ2) is 27.6. The van der Waals surface area contributed by atoms with Crippen LogP contribution in [0.3, 0.4) is 0 Å². The van der Waals surface area contributed by atoms with Crippen LogP contribution in [0.2, 0.25) is 0 Å². The Labute approximate surface area is 560 Å². The molecule has 0 saturated heterocycles. The minimum absolute atomic E-state index is 0. The van der Waals surface area contributed by atoms with Crippen LogP contribution in [-0.4, -0.2) is 132 Å². The Morgan fingerprint density at radius 3 is 1.25 bits per heavy atom. The molecule has 0 aromatic carbocycles. The first-order valence-corrected chi connectivity index (χ1v) is 33.2. The Kier molecular flexibility index (Phi) is 19.9. The van der Waals surface area contributed by atoms with E-state index >= 15 is 0 Å². The number of amides is 5. The Morgan fingerprint density at radius 1 is 0.500 bits per heavy atom. The molecule has 7 N–H and O–H groups in total. The quantitative estimate of drug-likeness (QED) is 0.0477. The van der Waals surface area contributed by atoms with Crippen molar-refractivity contribution >= 4 is 108 Å². The number of carbonyl (C=O) groups is 7. The van der Waals surface area contributed by atoms with Gasteiger partial charge in [0.1, 0.15) is 0 Å². The number of methoxy groups -OCH3 is 2. The summed E-state index contributed by atoms with van der Waals surface area (Å²) in [5.74, 6) is -3.20. The maximum Gasteiger partial charge on any atom is 0.305 e. The number of nitrogens with zero attached hydrogens (tertiary/aromatic N) is 6. The van der Waals surface area contributed by atoms with Crippen molar-refractivity contribution in [1.82, 2.24) is 55.0 Å². The normalized spacial score (nSPS) is 18.0. The zero-order valence-corrected chi connectivity index (χ0v) is 57.2. The Balaban J connectivity index is 0.000000207. The lowest BCUT2D eigenvalue weighted by molar-refractivity contribution is -0.141. The molecule has 21 heteroatoms. The highest BCUT2D eigenvalue weighted by molar-refractivity contribution is 6.24. The van der Waals surface area contributed by atoms with E-state index in [4.69, 9.17) is 35.1 Å². The molecule has 12 heterocycles. The summed E-state index contributed by atoms with van der Waals surface area (Å²) in [7, 11) is 2.74. The van der Waals surface area contributed by atoms with Gasteiger partial charge >= 0.3 is 11.9 Å². The van der Waals surface area contributed by atoms with Crippen molar-refractivity contribution in [3.8, 4) is 0 Å². The molecule has 4 aromatic heterocycles. The van der Waals surface area contributed by atoms with E-state index in [1.807, 2.05) is 39.0 Å². The van der Waals surface area contributed by atoms with Gasteiger partial charge in [-0.2, -0.15) is 0 Å². The van der Waals surface area contributed by atoms with Crippen molar-refractivity contribution < 1.29 is 43.0 Å². The zero-order chi connectivity index (χ0) is 68.3. The van der Waals surface area contributed by atoms with Crippen molar-refractivity contribution in [2.45, 2.75) is 172 Å². The van der Waals surface area contributed by atoms with Crippen LogP contribution in [0.4, 0.5) is 0 Å². The van der Waals surface area contributed by atoms with E-state index in [1.54, 1.807) is 6.92 Å². The molecule has 96 heavy (non-hydrogen) atoms. The fourth-order valence-corrected chi connectivity index (χ4v) is 14.6. The summed E-state index contributed by atoms with van der Waals surface area (Å²) in [6, 6.07) is 12.2. The SMILES string of the molecule is C.CCC(=O)NCCN1C(=O)c2c3[nH]c(cc4nc(cc5nc(cc6[nH]c2c(c6C)C1=O)C(C)=C5C)C(CC)=C4C)C(C)C3CCC(=O)OC.CCC1=C(C)c2cc3[nH]c(c4c5[nH]c(cc6nc(cc1n2)C(C)=C6CC)c(C)c5C(=O)N(CCN)C4=O)C(CCC(=O)OC)C3C. The van der Waals surface area contributed by atoms with Gasteiger partial charge in [-0.1, -0.05) is 49.0 Å². The summed E-state index contributed by atoms with van der Waals surface area (Å²) in [6.07, 6.45) is 3.91. The molecule has 0 saturated carbocycles. The third-order valence-electron chi connectivity index (χ3n) is 20.5. The zero-order valence-electron chi connectivity index (χ0n) is 57.2. The topological polar surface area (TPSA) is 297 Å². The van der Waals surface area contributed by atoms with Crippen LogP contribution in [0.5, 0.6) is 0 Å². The number of ether oxygens (including phenoxy) is 2. The summed E-state index contributed by atoms with van der Waals surface area (Å²) in [4.78, 5) is 131. The number of hydrogen-bond acceptors (Lipinski definition) is 14. The largest absolute Gasteiger partial charge is 0.469 e. The molecule has 0 radical (unpaired) electrons. The number of nitrogens with one attached hydrogen (secondary N) is 5. The van der Waals surface area contributed by atoms with Crippen molar-refractivity contribution in [1.29, 1.82) is 0 Å². The van der Waals surface area contributed by atoms with E-state index in [2.05, 4.69) is 106 Å². The minimum Gasteiger partial charge on any atom is -0.469 e. The Morgan fingerprint density at radius 2 is 0.854 bits per heavy atom. The highest BCUT2D eigenvalue weighted by Gasteiger charge is 2.43. The Bertz CT molecular complexity index is 4580. The molecule has 8 aliphatic rings. The third-order valence-corrected chi connectivity index (χ3v) is 20.5. The van der Waals surface area contributed by atoms with Crippen molar-refractivity contribution in [2.75, 3.05) is 40.4 Å². The van der Waals surface area contributed by atoms with Gasteiger partial charge in [-0.3, -0.25) is 43.4 Å². The van der Waals surface area contributed by atoms with Crippen LogP contribution >= 0.6 is 0 Å². The molecule has 0 spiro atoms. The molecule has 21 nitrogen and oxygen atoms in total. The van der Waals surface area contributed by atoms with Crippen molar-refractivity contribution in [2.24, 2.45) is 5.73 Å². The lowest BCUT2D eigenvalue weighted by Gasteiger charge is -2.27. The molecule has 8 aliphatic heterocycles. The van der Waals surface area contributed by atoms with Gasteiger partial charge < -0.3 is 40.5 Å². The monoisotopic (exact) mass is 1300 g/mol. The fourth-order valence-electron chi connectivity index (χ4n) is 14.6. The highest BCUT2D eigenvalue weighted by Crippen LogP contribution is 2.48. The van der Waals surface area contributed by atoms with E-state index in [-0.39, 0.29) is 93.9 Å². The van der Waals surface area contributed by atoms with Gasteiger partial charge in [0.05, 0.1) is 93.1 Å².